The van der Waals surface area contributed by atoms with E-state index in [0.29, 0.717) is 22.9 Å². The second-order valence-electron chi connectivity index (χ2n) is 3.35. The van der Waals surface area contributed by atoms with Crippen molar-refractivity contribution in [3.63, 3.8) is 0 Å². The van der Waals surface area contributed by atoms with Crippen LogP contribution in [0.2, 0.25) is 0 Å². The minimum absolute atomic E-state index is 0.663. The summed E-state index contributed by atoms with van der Waals surface area (Å²) in [5.41, 5.74) is 11.3. The normalized spacial score (nSPS) is 12.7. The van der Waals surface area contributed by atoms with E-state index < -0.39 is 0 Å². The molecule has 0 saturated heterocycles. The Morgan fingerprint density at radius 3 is 1.80 bits per heavy atom. The van der Waals surface area contributed by atoms with E-state index in [-0.39, 0.29) is 0 Å². The third-order valence-electron chi connectivity index (χ3n) is 2.41. The van der Waals surface area contributed by atoms with Gasteiger partial charge in [0.25, 0.3) is 0 Å². The molecular formula is C12H8N2O. The van der Waals surface area contributed by atoms with Crippen LogP contribution in [0, 0.1) is 0 Å². The van der Waals surface area contributed by atoms with E-state index in [9.17, 15) is 5.53 Å². The number of benzene rings is 2. The molecule has 3 nitrogen and oxygen atoms in total. The number of rotatable bonds is 0. The van der Waals surface area contributed by atoms with Crippen molar-refractivity contribution in [3.05, 3.63) is 54.1 Å². The van der Waals surface area contributed by atoms with E-state index in [1.807, 2.05) is 48.5 Å². The molecule has 0 N–H and O–H groups in total. The molecule has 0 spiro atoms. The van der Waals surface area contributed by atoms with Crippen molar-refractivity contribution in [1.82, 2.24) is 4.70 Å². The highest BCUT2D eigenvalue weighted by molar-refractivity contribution is 5.68. The van der Waals surface area contributed by atoms with Gasteiger partial charge in [-0.1, -0.05) is 24.3 Å². The molecule has 3 rings (SSSR count). The van der Waals surface area contributed by atoms with Crippen LogP contribution in [0.25, 0.3) is 5.53 Å². The highest BCUT2D eigenvalue weighted by atomic mass is 16.5. The molecule has 1 aliphatic heterocycles. The van der Waals surface area contributed by atoms with Crippen LogP contribution in [0.3, 0.4) is 0 Å². The first-order valence-electron chi connectivity index (χ1n) is 4.71. The SMILES string of the molecule is [N-]=[N+]1c2ccccc2Oc2ccccc21. The summed E-state index contributed by atoms with van der Waals surface area (Å²) in [5.74, 6) is 1.33. The molecule has 1 heterocycles. The van der Waals surface area contributed by atoms with Crippen molar-refractivity contribution < 1.29 is 4.74 Å². The summed E-state index contributed by atoms with van der Waals surface area (Å²) in [6.45, 7) is 0. The fraction of sp³-hybridized carbons (Fsp3) is 0. The van der Waals surface area contributed by atoms with Gasteiger partial charge in [0, 0.05) is 12.1 Å². The minimum atomic E-state index is 0.663. The van der Waals surface area contributed by atoms with Crippen molar-refractivity contribution in [2.75, 3.05) is 0 Å². The molecular weight excluding hydrogens is 188 g/mol. The number of nitrogens with zero attached hydrogens (tertiary/aromatic N) is 2. The maximum Gasteiger partial charge on any atom is 0.243 e. The minimum Gasteiger partial charge on any atom is -0.493 e. The smallest absolute Gasteiger partial charge is 0.243 e. The molecule has 0 unspecified atom stereocenters. The Labute approximate surface area is 87.0 Å². The fourth-order valence-electron chi connectivity index (χ4n) is 1.69. The lowest BCUT2D eigenvalue weighted by atomic mass is 10.2. The third-order valence-corrected chi connectivity index (χ3v) is 2.41. The molecule has 0 aliphatic carbocycles. The van der Waals surface area contributed by atoms with Gasteiger partial charge < -0.3 is 10.3 Å². The zero-order chi connectivity index (χ0) is 10.3. The summed E-state index contributed by atoms with van der Waals surface area (Å²) in [5, 5.41) is 0. The summed E-state index contributed by atoms with van der Waals surface area (Å²) in [4.78, 5) is 0. The Morgan fingerprint density at radius 2 is 1.27 bits per heavy atom. The van der Waals surface area contributed by atoms with Gasteiger partial charge in [0.05, 0.1) is 0 Å². The molecule has 2 aromatic rings. The fourth-order valence-corrected chi connectivity index (χ4v) is 1.69. The van der Waals surface area contributed by atoms with Crippen molar-refractivity contribution >= 4 is 11.4 Å². The van der Waals surface area contributed by atoms with Gasteiger partial charge >= 0.3 is 0 Å². The van der Waals surface area contributed by atoms with Crippen molar-refractivity contribution in [2.24, 2.45) is 0 Å². The maximum absolute atomic E-state index is 9.97. The van der Waals surface area contributed by atoms with Gasteiger partial charge in [-0.15, -0.1) is 0 Å². The molecule has 0 bridgehead atoms. The standard InChI is InChI=1S/C12H8N2O/c13-14-9-5-1-3-7-11(9)15-12-8-4-2-6-10(12)14/h1-8H. The van der Waals surface area contributed by atoms with Crippen LogP contribution in [0.15, 0.2) is 48.5 Å². The third kappa shape index (κ3) is 1.13. The van der Waals surface area contributed by atoms with Gasteiger partial charge in [-0.3, -0.25) is 0 Å². The first kappa shape index (κ1) is 8.17. The number of ether oxygens (including phenoxy) is 1. The molecule has 2 aromatic carbocycles. The Hall–Kier alpha value is -2.16. The molecule has 0 amide bonds. The van der Waals surface area contributed by atoms with Crippen molar-refractivity contribution in [1.29, 1.82) is 0 Å². The van der Waals surface area contributed by atoms with Crippen LogP contribution in [-0.2, 0) is 0 Å². The van der Waals surface area contributed by atoms with Crippen LogP contribution in [-0.4, -0.2) is 0 Å². The van der Waals surface area contributed by atoms with Gasteiger partial charge in [-0.05, 0) is 12.1 Å². The number of hydrogen-bond donors (Lipinski definition) is 0. The van der Waals surface area contributed by atoms with Gasteiger partial charge in [-0.25, -0.2) is 4.70 Å². The topological polar surface area (TPSA) is 34.5 Å². The number of fused-ring (bicyclic) bond motifs is 2. The first-order chi connectivity index (χ1) is 7.36. The first-order valence-corrected chi connectivity index (χ1v) is 4.71. The van der Waals surface area contributed by atoms with Crippen molar-refractivity contribution in [2.45, 2.75) is 0 Å². The predicted octanol–water partition coefficient (Wildman–Crippen LogP) is 3.65. The molecule has 15 heavy (non-hydrogen) atoms. The Bertz CT molecular complexity index is 501. The molecule has 0 fully saturated rings. The number of hydrogen-bond acceptors (Lipinski definition) is 1. The zero-order valence-corrected chi connectivity index (χ0v) is 7.92. The highest BCUT2D eigenvalue weighted by Crippen LogP contribution is 2.43. The quantitative estimate of drug-likeness (QED) is 0.505. The van der Waals surface area contributed by atoms with E-state index in [4.69, 9.17) is 4.74 Å². The molecule has 0 saturated carbocycles. The van der Waals surface area contributed by atoms with Crippen LogP contribution in [0.5, 0.6) is 11.5 Å². The van der Waals surface area contributed by atoms with Gasteiger partial charge in [0.2, 0.25) is 11.4 Å². The van der Waals surface area contributed by atoms with E-state index in [1.54, 1.807) is 0 Å². The van der Waals surface area contributed by atoms with Crippen LogP contribution in [0.1, 0.15) is 0 Å². The number of para-hydroxylation sites is 4. The van der Waals surface area contributed by atoms with Crippen LogP contribution >= 0.6 is 0 Å². The highest BCUT2D eigenvalue weighted by Gasteiger charge is 2.24. The lowest BCUT2D eigenvalue weighted by Crippen LogP contribution is -2.06. The molecule has 0 aromatic heterocycles. The maximum atomic E-state index is 9.97. The molecule has 0 radical (unpaired) electrons. The van der Waals surface area contributed by atoms with Gasteiger partial charge in [0.15, 0.2) is 11.5 Å². The average molecular weight is 196 g/mol. The summed E-state index contributed by atoms with van der Waals surface area (Å²) >= 11 is 0. The summed E-state index contributed by atoms with van der Waals surface area (Å²) in [7, 11) is 0. The predicted molar refractivity (Wildman–Crippen MR) is 57.8 cm³/mol. The summed E-state index contributed by atoms with van der Waals surface area (Å²) in [6.07, 6.45) is 0. The van der Waals surface area contributed by atoms with E-state index in [0.717, 1.165) is 4.70 Å². The van der Waals surface area contributed by atoms with Crippen molar-refractivity contribution in [3.8, 4) is 11.5 Å². The monoisotopic (exact) mass is 196 g/mol. The second-order valence-corrected chi connectivity index (χ2v) is 3.35. The second kappa shape index (κ2) is 2.92. The van der Waals surface area contributed by atoms with Crippen LogP contribution in [0.4, 0.5) is 11.4 Å². The van der Waals surface area contributed by atoms with Gasteiger partial charge in [-0.2, -0.15) is 0 Å². The van der Waals surface area contributed by atoms with E-state index in [2.05, 4.69) is 0 Å². The van der Waals surface area contributed by atoms with Gasteiger partial charge in [0.1, 0.15) is 0 Å². The zero-order valence-electron chi connectivity index (χ0n) is 7.92. The average Bonchev–Trinajstić information content (AvgIpc) is 2.30. The van der Waals surface area contributed by atoms with E-state index >= 15 is 0 Å². The molecule has 3 heteroatoms. The molecule has 1 aliphatic rings. The Kier molecular flexibility index (Phi) is 1.59. The molecule has 0 atom stereocenters. The largest absolute Gasteiger partial charge is 0.493 e. The Morgan fingerprint density at radius 1 is 0.800 bits per heavy atom. The lowest BCUT2D eigenvalue weighted by molar-refractivity contribution is 0.467. The van der Waals surface area contributed by atoms with E-state index in [1.165, 1.54) is 0 Å². The molecule has 72 valence electrons. The summed E-state index contributed by atoms with van der Waals surface area (Å²) < 4.78 is 6.79. The Balaban J connectivity index is 2.24. The van der Waals surface area contributed by atoms with Crippen LogP contribution < -0.4 is 9.43 Å². The summed E-state index contributed by atoms with van der Waals surface area (Å²) in [6, 6.07) is 14.7. The lowest BCUT2D eigenvalue weighted by Gasteiger charge is -2.18.